The van der Waals surface area contributed by atoms with Gasteiger partial charge in [0.05, 0.1) is 0 Å². The monoisotopic (exact) mass is 181 g/mol. The quantitative estimate of drug-likeness (QED) is 0.640. The maximum absolute atomic E-state index is 9.92. The minimum Gasteiger partial charge on any atom is -0.465 e. The molecule has 0 aromatic rings. The third kappa shape index (κ3) is 12.7. The summed E-state index contributed by atoms with van der Waals surface area (Å²) in [6.45, 7) is 2.72. The number of unbranched alkanes of at least 4 members (excludes halogenated alkanes) is 3. The molecular weight excluding hydrogens is 166 g/mol. The van der Waals surface area contributed by atoms with E-state index in [1.54, 1.807) is 0 Å². The van der Waals surface area contributed by atoms with Crippen molar-refractivity contribution in [2.45, 2.75) is 32.6 Å². The van der Waals surface area contributed by atoms with E-state index in [1.165, 1.54) is 12.8 Å². The first kappa shape index (κ1) is 13.2. The van der Waals surface area contributed by atoms with Crippen molar-refractivity contribution in [2.24, 2.45) is 0 Å². The minimum absolute atomic E-state index is 0. The van der Waals surface area contributed by atoms with Crippen LogP contribution in [0.2, 0.25) is 0 Å². The highest BCUT2D eigenvalue weighted by Crippen LogP contribution is 1.96. The van der Waals surface area contributed by atoms with Crippen LogP contribution >= 0.6 is 12.4 Å². The van der Waals surface area contributed by atoms with Gasteiger partial charge in [0.15, 0.2) is 0 Å². The van der Waals surface area contributed by atoms with Gasteiger partial charge in [-0.1, -0.05) is 26.2 Å². The summed E-state index contributed by atoms with van der Waals surface area (Å²) in [5.74, 6) is 0. The fourth-order valence-corrected chi connectivity index (χ4v) is 0.747. The summed E-state index contributed by atoms with van der Waals surface area (Å²) in [7, 11) is 0. The Morgan fingerprint density at radius 2 is 2.00 bits per heavy atom. The molecule has 0 aliphatic carbocycles. The largest absolute Gasteiger partial charge is 0.465 e. The number of rotatable bonds is 5. The van der Waals surface area contributed by atoms with Crippen molar-refractivity contribution >= 4 is 18.5 Å². The molecule has 0 bridgehead atoms. The van der Waals surface area contributed by atoms with Gasteiger partial charge in [-0.15, -0.1) is 12.4 Å². The fraction of sp³-hybridized carbons (Fsp3) is 0.857. The van der Waals surface area contributed by atoms with E-state index < -0.39 is 6.09 Å². The Balaban J connectivity index is 0. The van der Waals surface area contributed by atoms with E-state index in [2.05, 4.69) is 12.2 Å². The normalized spacial score (nSPS) is 8.45. The highest BCUT2D eigenvalue weighted by molar-refractivity contribution is 5.85. The topological polar surface area (TPSA) is 49.3 Å². The Morgan fingerprint density at radius 1 is 1.36 bits per heavy atom. The standard InChI is InChI=1S/C7H15NO2.ClH/c1-2-3-4-5-6-8-7(9)10;/h8H,2-6H2,1H3,(H,9,10);1H. The van der Waals surface area contributed by atoms with E-state index >= 15 is 0 Å². The Bertz CT molecular complexity index is 98.4. The van der Waals surface area contributed by atoms with E-state index in [9.17, 15) is 4.79 Å². The van der Waals surface area contributed by atoms with Crippen LogP contribution in [0.15, 0.2) is 0 Å². The zero-order valence-electron chi connectivity index (χ0n) is 6.80. The highest BCUT2D eigenvalue weighted by atomic mass is 35.5. The molecule has 0 aliphatic rings. The van der Waals surface area contributed by atoms with E-state index in [0.717, 1.165) is 12.8 Å². The number of hydrogen-bond acceptors (Lipinski definition) is 1. The van der Waals surface area contributed by atoms with Gasteiger partial charge in [0.2, 0.25) is 0 Å². The summed E-state index contributed by atoms with van der Waals surface area (Å²) >= 11 is 0. The van der Waals surface area contributed by atoms with Crippen LogP contribution in [0.3, 0.4) is 0 Å². The molecule has 0 aromatic carbocycles. The summed E-state index contributed by atoms with van der Waals surface area (Å²) in [6.07, 6.45) is 3.54. The number of carbonyl (C=O) groups is 1. The molecule has 4 heteroatoms. The van der Waals surface area contributed by atoms with Gasteiger partial charge >= 0.3 is 6.09 Å². The van der Waals surface area contributed by atoms with Gasteiger partial charge in [-0.25, -0.2) is 4.79 Å². The Kier molecular flexibility index (Phi) is 11.4. The third-order valence-corrected chi connectivity index (χ3v) is 1.31. The van der Waals surface area contributed by atoms with Crippen molar-refractivity contribution in [1.29, 1.82) is 0 Å². The van der Waals surface area contributed by atoms with Gasteiger partial charge in [-0.3, -0.25) is 0 Å². The van der Waals surface area contributed by atoms with Crippen LogP contribution in [0, 0.1) is 0 Å². The second-order valence-electron chi connectivity index (χ2n) is 2.29. The average Bonchev–Trinajstić information content (AvgIpc) is 1.87. The molecule has 0 saturated carbocycles. The van der Waals surface area contributed by atoms with Gasteiger partial charge < -0.3 is 10.4 Å². The second-order valence-corrected chi connectivity index (χ2v) is 2.29. The fourth-order valence-electron chi connectivity index (χ4n) is 0.747. The van der Waals surface area contributed by atoms with Crippen LogP contribution in [-0.2, 0) is 0 Å². The maximum atomic E-state index is 9.92. The summed E-state index contributed by atoms with van der Waals surface area (Å²) in [6, 6.07) is 0. The molecule has 3 nitrogen and oxygen atoms in total. The van der Waals surface area contributed by atoms with Crippen molar-refractivity contribution in [3.63, 3.8) is 0 Å². The lowest BCUT2D eigenvalue weighted by Gasteiger charge is -1.98. The third-order valence-electron chi connectivity index (χ3n) is 1.31. The summed E-state index contributed by atoms with van der Waals surface area (Å²) in [4.78, 5) is 9.92. The van der Waals surface area contributed by atoms with Crippen LogP contribution in [-0.4, -0.2) is 17.7 Å². The van der Waals surface area contributed by atoms with Crippen LogP contribution in [0.4, 0.5) is 4.79 Å². The highest BCUT2D eigenvalue weighted by Gasteiger charge is 1.91. The first-order valence-electron chi connectivity index (χ1n) is 3.74. The molecular formula is C7H16ClNO2. The number of nitrogens with one attached hydrogen (secondary N) is 1. The lowest BCUT2D eigenvalue weighted by molar-refractivity contribution is 0.194. The molecule has 1 amide bonds. The first-order chi connectivity index (χ1) is 4.77. The zero-order chi connectivity index (χ0) is 7.82. The number of hydrogen-bond donors (Lipinski definition) is 2. The van der Waals surface area contributed by atoms with Crippen molar-refractivity contribution in [2.75, 3.05) is 6.54 Å². The molecule has 2 N–H and O–H groups in total. The average molecular weight is 182 g/mol. The Morgan fingerprint density at radius 3 is 2.45 bits per heavy atom. The molecule has 0 spiro atoms. The first-order valence-corrected chi connectivity index (χ1v) is 3.74. The molecule has 0 atom stereocenters. The summed E-state index contributed by atoms with van der Waals surface area (Å²) < 4.78 is 0. The van der Waals surface area contributed by atoms with E-state index in [0.29, 0.717) is 6.54 Å². The van der Waals surface area contributed by atoms with Crippen molar-refractivity contribution in [1.82, 2.24) is 5.32 Å². The van der Waals surface area contributed by atoms with Gasteiger partial charge in [0.1, 0.15) is 0 Å². The number of carboxylic acid groups (broad SMARTS) is 1. The number of halogens is 1. The smallest absolute Gasteiger partial charge is 0.404 e. The zero-order valence-corrected chi connectivity index (χ0v) is 7.62. The Hall–Kier alpha value is -0.440. The lowest BCUT2D eigenvalue weighted by atomic mass is 10.2. The number of amides is 1. The van der Waals surface area contributed by atoms with Crippen molar-refractivity contribution in [3.05, 3.63) is 0 Å². The maximum Gasteiger partial charge on any atom is 0.404 e. The summed E-state index contributed by atoms with van der Waals surface area (Å²) in [5.41, 5.74) is 0. The van der Waals surface area contributed by atoms with Crippen LogP contribution in [0.1, 0.15) is 32.6 Å². The van der Waals surface area contributed by atoms with Crippen LogP contribution in [0.25, 0.3) is 0 Å². The van der Waals surface area contributed by atoms with E-state index in [4.69, 9.17) is 5.11 Å². The Labute approximate surface area is 73.6 Å². The molecule has 68 valence electrons. The molecule has 0 heterocycles. The van der Waals surface area contributed by atoms with Gasteiger partial charge in [0, 0.05) is 6.54 Å². The van der Waals surface area contributed by atoms with Gasteiger partial charge in [-0.2, -0.15) is 0 Å². The van der Waals surface area contributed by atoms with Gasteiger partial charge in [-0.05, 0) is 6.42 Å². The molecule has 0 saturated heterocycles. The van der Waals surface area contributed by atoms with Crippen LogP contribution in [0.5, 0.6) is 0 Å². The molecule has 0 aromatic heterocycles. The SMILES string of the molecule is CCCCCCNC(=O)O.Cl. The molecule has 0 rings (SSSR count). The second kappa shape index (κ2) is 9.56. The summed E-state index contributed by atoms with van der Waals surface area (Å²) in [5, 5.41) is 10.5. The molecule has 11 heavy (non-hydrogen) atoms. The molecule has 0 aliphatic heterocycles. The van der Waals surface area contributed by atoms with Crippen molar-refractivity contribution in [3.8, 4) is 0 Å². The van der Waals surface area contributed by atoms with E-state index in [-0.39, 0.29) is 12.4 Å². The van der Waals surface area contributed by atoms with Gasteiger partial charge in [0.25, 0.3) is 0 Å². The molecule has 0 fully saturated rings. The molecule has 0 radical (unpaired) electrons. The minimum atomic E-state index is -0.920. The van der Waals surface area contributed by atoms with Crippen molar-refractivity contribution < 1.29 is 9.90 Å². The predicted octanol–water partition coefficient (Wildman–Crippen LogP) is 2.26. The lowest BCUT2D eigenvalue weighted by Crippen LogP contribution is -2.21. The van der Waals surface area contributed by atoms with Crippen LogP contribution < -0.4 is 5.32 Å². The van der Waals surface area contributed by atoms with E-state index in [1.807, 2.05) is 0 Å². The predicted molar refractivity (Wildman–Crippen MR) is 47.4 cm³/mol. The molecule has 0 unspecified atom stereocenters.